The first-order chi connectivity index (χ1) is 14.8. The number of carbonyl (C=O) groups excluding carboxylic acids is 3. The van der Waals surface area contributed by atoms with Crippen molar-refractivity contribution in [3.05, 3.63) is 56.4 Å². The molecule has 2 aromatic rings. The third-order valence-corrected chi connectivity index (χ3v) is 5.75. The van der Waals surface area contributed by atoms with Gasteiger partial charge in [0.2, 0.25) is 5.78 Å². The predicted octanol–water partition coefficient (Wildman–Crippen LogP) is 2.55. The number of nitro benzene ring substituents is 1. The molecular weight excluding hydrogens is 444 g/mol. The number of carbonyl (C=O) groups is 3. The highest BCUT2D eigenvalue weighted by Gasteiger charge is 2.29. The second kappa shape index (κ2) is 9.30. The van der Waals surface area contributed by atoms with Gasteiger partial charge in [-0.05, 0) is 45.4 Å². The van der Waals surface area contributed by atoms with Crippen molar-refractivity contribution in [1.29, 1.82) is 0 Å². The van der Waals surface area contributed by atoms with Gasteiger partial charge in [0.05, 0.1) is 28.4 Å². The van der Waals surface area contributed by atoms with Gasteiger partial charge in [-0.2, -0.15) is 0 Å². The van der Waals surface area contributed by atoms with Gasteiger partial charge in [0, 0.05) is 18.0 Å². The molecule has 0 amide bonds. The molecule has 172 valence electrons. The molecule has 0 unspecified atom stereocenters. The van der Waals surface area contributed by atoms with Gasteiger partial charge in [0.25, 0.3) is 5.69 Å². The first-order valence-electron chi connectivity index (χ1n) is 9.39. The lowest BCUT2D eigenvalue weighted by molar-refractivity contribution is -0.387. The number of sulfone groups is 1. The Bertz CT molecular complexity index is 1210. The zero-order valence-electron chi connectivity index (χ0n) is 18.0. The largest absolute Gasteiger partial charge is 0.462 e. The smallest absolute Gasteiger partial charge is 0.340 e. The van der Waals surface area contributed by atoms with Gasteiger partial charge in [-0.1, -0.05) is 0 Å². The molecule has 0 aliphatic carbocycles. The Labute approximate surface area is 183 Å². The summed E-state index contributed by atoms with van der Waals surface area (Å²) in [6.07, 6.45) is -0.498. The van der Waals surface area contributed by atoms with Crippen molar-refractivity contribution < 1.29 is 37.2 Å². The van der Waals surface area contributed by atoms with E-state index in [1.165, 1.54) is 6.92 Å². The normalized spacial score (nSPS) is 12.2. The zero-order chi connectivity index (χ0) is 24.4. The van der Waals surface area contributed by atoms with Crippen LogP contribution in [0.3, 0.4) is 0 Å². The van der Waals surface area contributed by atoms with Gasteiger partial charge >= 0.3 is 11.9 Å². The van der Waals surface area contributed by atoms with Crippen LogP contribution < -0.4 is 0 Å². The van der Waals surface area contributed by atoms with Crippen molar-refractivity contribution in [2.75, 3.05) is 12.9 Å². The van der Waals surface area contributed by atoms with E-state index in [0.29, 0.717) is 11.3 Å². The molecule has 32 heavy (non-hydrogen) atoms. The average molecular weight is 466 g/mol. The second-order valence-corrected chi connectivity index (χ2v) is 8.95. The van der Waals surface area contributed by atoms with Crippen molar-refractivity contribution >= 4 is 33.2 Å². The fraction of sp³-hybridized carbons (Fsp3) is 0.350. The number of rotatable bonds is 8. The van der Waals surface area contributed by atoms with Crippen molar-refractivity contribution in [3.8, 4) is 0 Å². The molecule has 0 saturated carbocycles. The summed E-state index contributed by atoms with van der Waals surface area (Å²) in [5.74, 6) is -2.28. The van der Waals surface area contributed by atoms with E-state index in [9.17, 15) is 32.9 Å². The summed E-state index contributed by atoms with van der Waals surface area (Å²) in [6, 6.07) is 2.77. The molecule has 11 nitrogen and oxygen atoms in total. The quantitative estimate of drug-likeness (QED) is 0.266. The van der Waals surface area contributed by atoms with Gasteiger partial charge < -0.3 is 14.5 Å². The van der Waals surface area contributed by atoms with E-state index in [-0.39, 0.29) is 23.4 Å². The lowest BCUT2D eigenvalue weighted by atomic mass is 10.1. The Balaban J connectivity index is 2.29. The Hall–Kier alpha value is -3.54. The fourth-order valence-corrected chi connectivity index (χ4v) is 3.92. The van der Waals surface area contributed by atoms with E-state index in [0.717, 1.165) is 24.5 Å². The van der Waals surface area contributed by atoms with Crippen molar-refractivity contribution in [3.63, 3.8) is 0 Å². The Morgan fingerprint density at radius 2 is 1.81 bits per heavy atom. The number of ketones is 1. The number of benzene rings is 1. The van der Waals surface area contributed by atoms with Crippen LogP contribution in [-0.4, -0.2) is 55.0 Å². The van der Waals surface area contributed by atoms with Crippen LogP contribution in [0, 0.1) is 24.0 Å². The molecule has 2 rings (SSSR count). The van der Waals surface area contributed by atoms with Crippen LogP contribution in [0.5, 0.6) is 0 Å². The highest BCUT2D eigenvalue weighted by molar-refractivity contribution is 7.90. The van der Waals surface area contributed by atoms with Gasteiger partial charge in [-0.3, -0.25) is 14.9 Å². The maximum atomic E-state index is 12.8. The number of nitro groups is 1. The van der Waals surface area contributed by atoms with Crippen molar-refractivity contribution in [1.82, 2.24) is 4.98 Å². The first kappa shape index (κ1) is 24.7. The SMILES string of the molecule is CCOC(=O)c1c(C)[nH]c(C(=O)[C@@H](C)OC(=O)c2ccc(S(C)(=O)=O)c([N+](=O)[O-])c2)c1C. The highest BCUT2D eigenvalue weighted by atomic mass is 32.2. The lowest BCUT2D eigenvalue weighted by Gasteiger charge is -2.12. The molecule has 1 atom stereocenters. The molecule has 1 heterocycles. The monoisotopic (exact) mass is 466 g/mol. The van der Waals surface area contributed by atoms with Crippen LogP contribution in [0.2, 0.25) is 0 Å². The Kier molecular flexibility index (Phi) is 7.19. The second-order valence-electron chi connectivity index (χ2n) is 6.97. The minimum absolute atomic E-state index is 0.0595. The average Bonchev–Trinajstić information content (AvgIpc) is 3.00. The van der Waals surface area contributed by atoms with Crippen LogP contribution in [-0.2, 0) is 19.3 Å². The summed E-state index contributed by atoms with van der Waals surface area (Å²) in [6.45, 7) is 6.25. The number of Topliss-reactive ketones (excluding diaryl/α,β-unsaturated/α-hetero) is 1. The summed E-state index contributed by atoms with van der Waals surface area (Å²) < 4.78 is 33.5. The number of nitrogens with one attached hydrogen (secondary N) is 1. The number of aromatic amines is 1. The minimum atomic E-state index is -3.90. The van der Waals surface area contributed by atoms with Crippen LogP contribution in [0.15, 0.2) is 23.1 Å². The lowest BCUT2D eigenvalue weighted by Crippen LogP contribution is -2.25. The van der Waals surface area contributed by atoms with E-state index in [1.807, 2.05) is 0 Å². The van der Waals surface area contributed by atoms with Crippen LogP contribution in [0.25, 0.3) is 0 Å². The van der Waals surface area contributed by atoms with E-state index in [1.54, 1.807) is 20.8 Å². The molecule has 0 radical (unpaired) electrons. The molecule has 0 aliphatic rings. The number of H-pyrrole nitrogens is 1. The maximum Gasteiger partial charge on any atom is 0.340 e. The molecule has 1 aromatic heterocycles. The van der Waals surface area contributed by atoms with Gasteiger partial charge in [-0.15, -0.1) is 0 Å². The number of aryl methyl sites for hydroxylation is 1. The fourth-order valence-electron chi connectivity index (χ4n) is 3.09. The van der Waals surface area contributed by atoms with E-state index < -0.39 is 49.2 Å². The topological polar surface area (TPSA) is 163 Å². The van der Waals surface area contributed by atoms with Crippen LogP contribution >= 0.6 is 0 Å². The number of esters is 2. The minimum Gasteiger partial charge on any atom is -0.462 e. The van der Waals surface area contributed by atoms with Gasteiger partial charge in [-0.25, -0.2) is 18.0 Å². The summed E-state index contributed by atoms with van der Waals surface area (Å²) in [7, 11) is -3.90. The maximum absolute atomic E-state index is 12.8. The standard InChI is InChI=1S/C20H22N2O9S/c1-6-30-20(25)16-10(2)17(21-11(16)3)18(23)12(4)31-19(24)13-7-8-15(32(5,28)29)14(9-13)22(26)27/h7-9,12,21H,6H2,1-5H3/t12-/m1/s1. The summed E-state index contributed by atoms with van der Waals surface area (Å²) in [5.41, 5.74) is -0.0621. The summed E-state index contributed by atoms with van der Waals surface area (Å²) in [5, 5.41) is 11.2. The van der Waals surface area contributed by atoms with Gasteiger partial charge in [0.1, 0.15) is 4.90 Å². The molecule has 0 fully saturated rings. The Morgan fingerprint density at radius 3 is 2.34 bits per heavy atom. The molecule has 0 saturated heterocycles. The molecule has 0 aliphatic heterocycles. The van der Waals surface area contributed by atoms with E-state index in [4.69, 9.17) is 9.47 Å². The third-order valence-electron chi connectivity index (χ3n) is 4.61. The molecule has 0 bridgehead atoms. The predicted molar refractivity (Wildman–Crippen MR) is 112 cm³/mol. The van der Waals surface area contributed by atoms with Crippen LogP contribution in [0.4, 0.5) is 5.69 Å². The number of aromatic nitrogens is 1. The zero-order valence-corrected chi connectivity index (χ0v) is 18.9. The number of hydrogen-bond acceptors (Lipinski definition) is 9. The molecule has 0 spiro atoms. The van der Waals surface area contributed by atoms with E-state index in [2.05, 4.69) is 4.98 Å². The van der Waals surface area contributed by atoms with Gasteiger partial charge in [0.15, 0.2) is 15.9 Å². The molecular formula is C20H22N2O9S. The Morgan fingerprint density at radius 1 is 1.19 bits per heavy atom. The number of ether oxygens (including phenoxy) is 2. The van der Waals surface area contributed by atoms with Crippen LogP contribution in [0.1, 0.15) is 56.3 Å². The number of hydrogen-bond donors (Lipinski definition) is 1. The summed E-state index contributed by atoms with van der Waals surface area (Å²) >= 11 is 0. The van der Waals surface area contributed by atoms with Crippen molar-refractivity contribution in [2.24, 2.45) is 0 Å². The number of nitrogens with zero attached hydrogens (tertiary/aromatic N) is 1. The molecule has 1 aromatic carbocycles. The van der Waals surface area contributed by atoms with E-state index >= 15 is 0 Å². The first-order valence-corrected chi connectivity index (χ1v) is 11.3. The molecule has 12 heteroatoms. The van der Waals surface area contributed by atoms with Crippen molar-refractivity contribution in [2.45, 2.75) is 38.7 Å². The highest BCUT2D eigenvalue weighted by Crippen LogP contribution is 2.26. The summed E-state index contributed by atoms with van der Waals surface area (Å²) in [4.78, 5) is 49.9. The third kappa shape index (κ3) is 5.02. The molecule has 1 N–H and O–H groups in total.